The van der Waals surface area contributed by atoms with Crippen molar-refractivity contribution in [3.8, 4) is 0 Å². The van der Waals surface area contributed by atoms with Crippen molar-refractivity contribution in [1.29, 1.82) is 0 Å². The van der Waals surface area contributed by atoms with Crippen LogP contribution in [0.25, 0.3) is 0 Å². The number of thiophene rings is 1. The van der Waals surface area contributed by atoms with Crippen LogP contribution in [0.5, 0.6) is 0 Å². The summed E-state index contributed by atoms with van der Waals surface area (Å²) >= 11 is 7.56. The fourth-order valence-electron chi connectivity index (χ4n) is 2.34. The summed E-state index contributed by atoms with van der Waals surface area (Å²) in [6.07, 6.45) is 1.16. The predicted octanol–water partition coefficient (Wildman–Crippen LogP) is 3.67. The molecule has 1 saturated heterocycles. The zero-order chi connectivity index (χ0) is 13.1. The average molecular weight is 294 g/mol. The van der Waals surface area contributed by atoms with Gasteiger partial charge in [0.05, 0.1) is 10.9 Å². The van der Waals surface area contributed by atoms with Gasteiger partial charge in [-0.15, -0.1) is 11.3 Å². The molecule has 100 valence electrons. The van der Waals surface area contributed by atoms with Crippen molar-refractivity contribution in [2.75, 3.05) is 13.2 Å². The molecular formula is C15H16ClNOS. The lowest BCUT2D eigenvalue weighted by Gasteiger charge is -2.30. The SMILES string of the molecule is Clc1ccc(C2CNC(Cc3ccccc3)CO2)s1. The lowest BCUT2D eigenvalue weighted by atomic mass is 10.1. The van der Waals surface area contributed by atoms with E-state index in [9.17, 15) is 0 Å². The number of benzene rings is 1. The Morgan fingerprint density at radius 2 is 2.05 bits per heavy atom. The van der Waals surface area contributed by atoms with E-state index in [0.717, 1.165) is 23.9 Å². The van der Waals surface area contributed by atoms with Crippen molar-refractivity contribution >= 4 is 22.9 Å². The van der Waals surface area contributed by atoms with Gasteiger partial charge in [0.2, 0.25) is 0 Å². The van der Waals surface area contributed by atoms with Crippen molar-refractivity contribution < 1.29 is 4.74 Å². The third-order valence-electron chi connectivity index (χ3n) is 3.33. The molecule has 1 aliphatic heterocycles. The average Bonchev–Trinajstić information content (AvgIpc) is 2.87. The summed E-state index contributed by atoms with van der Waals surface area (Å²) < 4.78 is 6.78. The van der Waals surface area contributed by atoms with E-state index in [1.165, 1.54) is 10.4 Å². The molecule has 0 radical (unpaired) electrons. The second-order valence-corrected chi connectivity index (χ2v) is 6.51. The number of hydrogen-bond donors (Lipinski definition) is 1. The summed E-state index contributed by atoms with van der Waals surface area (Å²) in [6, 6.07) is 14.9. The van der Waals surface area contributed by atoms with Crippen LogP contribution < -0.4 is 5.32 Å². The van der Waals surface area contributed by atoms with Crippen molar-refractivity contribution in [2.45, 2.75) is 18.6 Å². The van der Waals surface area contributed by atoms with Gasteiger partial charge in [0.15, 0.2) is 0 Å². The van der Waals surface area contributed by atoms with Crippen molar-refractivity contribution in [1.82, 2.24) is 5.32 Å². The normalized spacial score (nSPS) is 23.4. The third-order valence-corrected chi connectivity index (χ3v) is 4.65. The molecule has 1 fully saturated rings. The quantitative estimate of drug-likeness (QED) is 0.932. The number of ether oxygens (including phenoxy) is 1. The summed E-state index contributed by atoms with van der Waals surface area (Å²) in [6.45, 7) is 1.60. The molecule has 1 N–H and O–H groups in total. The van der Waals surface area contributed by atoms with Crippen molar-refractivity contribution in [2.24, 2.45) is 0 Å². The molecule has 2 heterocycles. The highest BCUT2D eigenvalue weighted by Gasteiger charge is 2.23. The molecule has 3 rings (SSSR count). The van der Waals surface area contributed by atoms with E-state index in [1.54, 1.807) is 11.3 Å². The number of hydrogen-bond acceptors (Lipinski definition) is 3. The lowest BCUT2D eigenvalue weighted by molar-refractivity contribution is 0.00510. The highest BCUT2D eigenvalue weighted by Crippen LogP contribution is 2.30. The first kappa shape index (κ1) is 13.1. The minimum atomic E-state index is 0.143. The molecule has 1 aliphatic rings. The van der Waals surface area contributed by atoms with Crippen LogP contribution in [-0.2, 0) is 11.2 Å². The van der Waals surface area contributed by atoms with Crippen LogP contribution in [-0.4, -0.2) is 19.2 Å². The van der Waals surface area contributed by atoms with Crippen LogP contribution in [0, 0.1) is 0 Å². The molecule has 1 aromatic carbocycles. The van der Waals surface area contributed by atoms with Crippen molar-refractivity contribution in [3.05, 3.63) is 57.2 Å². The standard InChI is InChI=1S/C15H16ClNOS/c16-15-7-6-14(19-15)13-9-17-12(10-18-13)8-11-4-2-1-3-5-11/h1-7,12-13,17H,8-10H2. The van der Waals surface area contributed by atoms with Gasteiger partial charge in [-0.1, -0.05) is 41.9 Å². The van der Waals surface area contributed by atoms with Gasteiger partial charge < -0.3 is 10.1 Å². The van der Waals surface area contributed by atoms with E-state index in [1.807, 2.05) is 12.1 Å². The molecule has 19 heavy (non-hydrogen) atoms. The Labute approximate surface area is 122 Å². The molecule has 2 atom stereocenters. The Morgan fingerprint density at radius 1 is 1.21 bits per heavy atom. The van der Waals surface area contributed by atoms with Gasteiger partial charge in [0.1, 0.15) is 6.10 Å². The fourth-order valence-corrected chi connectivity index (χ4v) is 3.45. The number of halogens is 1. The highest BCUT2D eigenvalue weighted by molar-refractivity contribution is 7.16. The third kappa shape index (κ3) is 3.37. The molecule has 2 unspecified atom stereocenters. The van der Waals surface area contributed by atoms with Gasteiger partial charge >= 0.3 is 0 Å². The zero-order valence-electron chi connectivity index (χ0n) is 10.5. The maximum absolute atomic E-state index is 5.96. The molecule has 2 aromatic rings. The second-order valence-electron chi connectivity index (χ2n) is 4.76. The Hall–Kier alpha value is -0.870. The van der Waals surface area contributed by atoms with E-state index < -0.39 is 0 Å². The predicted molar refractivity (Wildman–Crippen MR) is 80.0 cm³/mol. The molecule has 1 aromatic heterocycles. The number of rotatable bonds is 3. The molecular weight excluding hydrogens is 278 g/mol. The first-order valence-electron chi connectivity index (χ1n) is 6.45. The van der Waals surface area contributed by atoms with Gasteiger partial charge in [0, 0.05) is 17.5 Å². The number of morpholine rings is 1. The van der Waals surface area contributed by atoms with Crippen LogP contribution >= 0.6 is 22.9 Å². The first-order chi connectivity index (χ1) is 9.31. The summed E-state index contributed by atoms with van der Waals surface area (Å²) in [5, 5.41) is 3.56. The molecule has 0 saturated carbocycles. The summed E-state index contributed by atoms with van der Waals surface area (Å²) in [5.74, 6) is 0. The van der Waals surface area contributed by atoms with Gasteiger partial charge in [-0.3, -0.25) is 0 Å². The minimum Gasteiger partial charge on any atom is -0.370 e. The van der Waals surface area contributed by atoms with Crippen LogP contribution in [0.2, 0.25) is 4.34 Å². The van der Waals surface area contributed by atoms with E-state index >= 15 is 0 Å². The van der Waals surface area contributed by atoms with Gasteiger partial charge in [-0.05, 0) is 24.1 Å². The Bertz CT molecular complexity index is 520. The summed E-state index contributed by atoms with van der Waals surface area (Å²) in [4.78, 5) is 1.20. The fraction of sp³-hybridized carbons (Fsp3) is 0.333. The Kier molecular flexibility index (Phi) is 4.18. The van der Waals surface area contributed by atoms with Gasteiger partial charge in [-0.25, -0.2) is 0 Å². The largest absolute Gasteiger partial charge is 0.370 e. The first-order valence-corrected chi connectivity index (χ1v) is 7.65. The minimum absolute atomic E-state index is 0.143. The molecule has 4 heteroatoms. The van der Waals surface area contributed by atoms with E-state index in [2.05, 4.69) is 35.6 Å². The van der Waals surface area contributed by atoms with E-state index in [-0.39, 0.29) is 6.10 Å². The zero-order valence-corrected chi connectivity index (χ0v) is 12.1. The summed E-state index contributed by atoms with van der Waals surface area (Å²) in [5.41, 5.74) is 1.35. The lowest BCUT2D eigenvalue weighted by Crippen LogP contribution is -2.43. The van der Waals surface area contributed by atoms with Crippen LogP contribution in [0.3, 0.4) is 0 Å². The Morgan fingerprint density at radius 3 is 2.68 bits per heavy atom. The highest BCUT2D eigenvalue weighted by atomic mass is 35.5. The molecule has 0 spiro atoms. The monoisotopic (exact) mass is 293 g/mol. The summed E-state index contributed by atoms with van der Waals surface area (Å²) in [7, 11) is 0. The van der Waals surface area contributed by atoms with Crippen LogP contribution in [0.4, 0.5) is 0 Å². The smallest absolute Gasteiger partial charge is 0.104 e. The van der Waals surface area contributed by atoms with Crippen molar-refractivity contribution in [3.63, 3.8) is 0 Å². The van der Waals surface area contributed by atoms with E-state index in [0.29, 0.717) is 6.04 Å². The van der Waals surface area contributed by atoms with Crippen LogP contribution in [0.15, 0.2) is 42.5 Å². The molecule has 0 bridgehead atoms. The van der Waals surface area contributed by atoms with E-state index in [4.69, 9.17) is 16.3 Å². The topological polar surface area (TPSA) is 21.3 Å². The number of nitrogens with one attached hydrogen (secondary N) is 1. The second kappa shape index (κ2) is 6.06. The molecule has 0 aliphatic carbocycles. The maximum atomic E-state index is 5.96. The molecule has 2 nitrogen and oxygen atoms in total. The maximum Gasteiger partial charge on any atom is 0.104 e. The van der Waals surface area contributed by atoms with Crippen LogP contribution in [0.1, 0.15) is 16.5 Å². The van der Waals surface area contributed by atoms with Gasteiger partial charge in [-0.2, -0.15) is 0 Å². The molecule has 0 amide bonds. The Balaban J connectivity index is 1.55. The van der Waals surface area contributed by atoms with Gasteiger partial charge in [0.25, 0.3) is 0 Å².